The maximum atomic E-state index is 5.95. The first-order valence-corrected chi connectivity index (χ1v) is 7.08. The molecule has 1 heterocycles. The van der Waals surface area contributed by atoms with Crippen LogP contribution in [-0.4, -0.2) is 19.1 Å². The van der Waals surface area contributed by atoms with Crippen molar-refractivity contribution in [2.24, 2.45) is 0 Å². The van der Waals surface area contributed by atoms with Gasteiger partial charge in [0, 0.05) is 30.4 Å². The van der Waals surface area contributed by atoms with Crippen molar-refractivity contribution in [3.05, 3.63) is 58.7 Å². The zero-order chi connectivity index (χ0) is 14.5. The SMILES string of the molecule is CNCc1cccnc1N(C)C(C)c1ccc(Cl)cc1. The highest BCUT2D eigenvalue weighted by molar-refractivity contribution is 6.30. The third kappa shape index (κ3) is 3.30. The lowest BCUT2D eigenvalue weighted by Gasteiger charge is -2.28. The number of nitrogens with one attached hydrogen (secondary N) is 1. The highest BCUT2D eigenvalue weighted by Gasteiger charge is 2.16. The summed E-state index contributed by atoms with van der Waals surface area (Å²) in [5.41, 5.74) is 2.41. The molecule has 0 amide bonds. The molecule has 0 aliphatic heterocycles. The van der Waals surface area contributed by atoms with Crippen molar-refractivity contribution in [2.45, 2.75) is 19.5 Å². The second-order valence-electron chi connectivity index (χ2n) is 4.85. The van der Waals surface area contributed by atoms with Crippen LogP contribution in [0.25, 0.3) is 0 Å². The Hall–Kier alpha value is -1.58. The molecular formula is C16H20ClN3. The van der Waals surface area contributed by atoms with E-state index in [4.69, 9.17) is 11.6 Å². The minimum atomic E-state index is 0.234. The molecule has 2 aromatic rings. The molecule has 1 aromatic heterocycles. The van der Waals surface area contributed by atoms with Gasteiger partial charge in [-0.15, -0.1) is 0 Å². The second kappa shape index (κ2) is 6.73. The van der Waals surface area contributed by atoms with Gasteiger partial charge in [0.15, 0.2) is 0 Å². The van der Waals surface area contributed by atoms with Crippen molar-refractivity contribution in [1.82, 2.24) is 10.3 Å². The van der Waals surface area contributed by atoms with Crippen LogP contribution >= 0.6 is 11.6 Å². The van der Waals surface area contributed by atoms with E-state index in [2.05, 4.69) is 47.4 Å². The van der Waals surface area contributed by atoms with Gasteiger partial charge in [-0.1, -0.05) is 29.8 Å². The van der Waals surface area contributed by atoms with Gasteiger partial charge in [-0.25, -0.2) is 4.98 Å². The molecule has 106 valence electrons. The van der Waals surface area contributed by atoms with E-state index >= 15 is 0 Å². The Morgan fingerprint density at radius 3 is 2.60 bits per heavy atom. The molecule has 0 aliphatic rings. The Morgan fingerprint density at radius 2 is 1.95 bits per heavy atom. The van der Waals surface area contributed by atoms with Crippen LogP contribution in [0.2, 0.25) is 5.02 Å². The molecule has 0 fully saturated rings. The maximum absolute atomic E-state index is 5.95. The molecule has 1 N–H and O–H groups in total. The van der Waals surface area contributed by atoms with Crippen LogP contribution < -0.4 is 10.2 Å². The van der Waals surface area contributed by atoms with Gasteiger partial charge in [0.05, 0.1) is 6.04 Å². The smallest absolute Gasteiger partial charge is 0.133 e. The molecule has 0 aliphatic carbocycles. The molecule has 1 atom stereocenters. The fraction of sp³-hybridized carbons (Fsp3) is 0.312. The van der Waals surface area contributed by atoms with E-state index in [9.17, 15) is 0 Å². The third-order valence-electron chi connectivity index (χ3n) is 3.50. The summed E-state index contributed by atoms with van der Waals surface area (Å²) in [6.07, 6.45) is 1.83. The van der Waals surface area contributed by atoms with Gasteiger partial charge in [0.25, 0.3) is 0 Å². The molecule has 0 spiro atoms. The Labute approximate surface area is 125 Å². The molecule has 0 saturated carbocycles. The minimum Gasteiger partial charge on any atom is -0.353 e. The van der Waals surface area contributed by atoms with E-state index in [1.165, 1.54) is 11.1 Å². The van der Waals surface area contributed by atoms with Crippen LogP contribution in [0.1, 0.15) is 24.1 Å². The normalized spacial score (nSPS) is 12.2. The topological polar surface area (TPSA) is 28.2 Å². The van der Waals surface area contributed by atoms with Gasteiger partial charge in [-0.05, 0) is 37.7 Å². The highest BCUT2D eigenvalue weighted by atomic mass is 35.5. The maximum Gasteiger partial charge on any atom is 0.133 e. The molecule has 4 heteroatoms. The van der Waals surface area contributed by atoms with Gasteiger partial charge in [0.2, 0.25) is 0 Å². The predicted molar refractivity (Wildman–Crippen MR) is 85.3 cm³/mol. The lowest BCUT2D eigenvalue weighted by atomic mass is 10.1. The van der Waals surface area contributed by atoms with Crippen LogP contribution in [0.3, 0.4) is 0 Å². The number of nitrogens with zero attached hydrogens (tertiary/aromatic N) is 2. The Morgan fingerprint density at radius 1 is 1.25 bits per heavy atom. The number of hydrogen-bond donors (Lipinski definition) is 1. The van der Waals surface area contributed by atoms with E-state index in [1.54, 1.807) is 0 Å². The van der Waals surface area contributed by atoms with E-state index in [1.807, 2.05) is 31.4 Å². The van der Waals surface area contributed by atoms with Gasteiger partial charge >= 0.3 is 0 Å². The predicted octanol–water partition coefficient (Wildman–Crippen LogP) is 3.65. The molecule has 20 heavy (non-hydrogen) atoms. The summed E-state index contributed by atoms with van der Waals surface area (Å²) in [4.78, 5) is 6.71. The number of aromatic nitrogens is 1. The molecule has 0 saturated heterocycles. The summed E-state index contributed by atoms with van der Waals surface area (Å²) in [6.45, 7) is 2.97. The van der Waals surface area contributed by atoms with Crippen molar-refractivity contribution in [2.75, 3.05) is 19.0 Å². The van der Waals surface area contributed by atoms with Crippen LogP contribution in [0.4, 0.5) is 5.82 Å². The lowest BCUT2D eigenvalue weighted by molar-refractivity contribution is 0.714. The van der Waals surface area contributed by atoms with E-state index < -0.39 is 0 Å². The quantitative estimate of drug-likeness (QED) is 0.911. The summed E-state index contributed by atoms with van der Waals surface area (Å²) in [5.74, 6) is 1.00. The first-order valence-electron chi connectivity index (χ1n) is 6.70. The molecule has 1 unspecified atom stereocenters. The lowest BCUT2D eigenvalue weighted by Crippen LogP contribution is -2.24. The summed E-state index contributed by atoms with van der Waals surface area (Å²) in [7, 11) is 4.01. The molecule has 3 nitrogen and oxygen atoms in total. The summed E-state index contributed by atoms with van der Waals surface area (Å²) in [6, 6.07) is 12.3. The van der Waals surface area contributed by atoms with E-state index in [-0.39, 0.29) is 6.04 Å². The van der Waals surface area contributed by atoms with Gasteiger partial charge in [-0.3, -0.25) is 0 Å². The number of anilines is 1. The van der Waals surface area contributed by atoms with Crippen molar-refractivity contribution >= 4 is 17.4 Å². The number of hydrogen-bond acceptors (Lipinski definition) is 3. The Bertz CT molecular complexity index is 554. The van der Waals surface area contributed by atoms with Crippen LogP contribution in [0.5, 0.6) is 0 Å². The summed E-state index contributed by atoms with van der Waals surface area (Å²) < 4.78 is 0. The first-order chi connectivity index (χ1) is 9.63. The van der Waals surface area contributed by atoms with Crippen molar-refractivity contribution in [3.8, 4) is 0 Å². The van der Waals surface area contributed by atoms with Gasteiger partial charge in [0.1, 0.15) is 5.82 Å². The molecule has 0 bridgehead atoms. The second-order valence-corrected chi connectivity index (χ2v) is 5.29. The Balaban J connectivity index is 2.26. The van der Waals surface area contributed by atoms with Crippen molar-refractivity contribution in [3.63, 3.8) is 0 Å². The summed E-state index contributed by atoms with van der Waals surface area (Å²) >= 11 is 5.95. The Kier molecular flexibility index (Phi) is 4.99. The molecule has 1 aromatic carbocycles. The molecular weight excluding hydrogens is 270 g/mol. The van der Waals surface area contributed by atoms with Crippen molar-refractivity contribution in [1.29, 1.82) is 0 Å². The average Bonchev–Trinajstić information content (AvgIpc) is 2.47. The monoisotopic (exact) mass is 289 g/mol. The fourth-order valence-corrected chi connectivity index (χ4v) is 2.35. The van der Waals surface area contributed by atoms with Gasteiger partial charge < -0.3 is 10.2 Å². The first kappa shape index (κ1) is 14.8. The molecule has 0 radical (unpaired) electrons. The van der Waals surface area contributed by atoms with Crippen molar-refractivity contribution < 1.29 is 0 Å². The zero-order valence-electron chi connectivity index (χ0n) is 12.1. The van der Waals surface area contributed by atoms with E-state index in [0.29, 0.717) is 0 Å². The number of pyridine rings is 1. The summed E-state index contributed by atoms with van der Waals surface area (Å²) in [5, 5.41) is 3.94. The zero-order valence-corrected chi connectivity index (χ0v) is 12.9. The largest absolute Gasteiger partial charge is 0.353 e. The van der Waals surface area contributed by atoms with Crippen LogP contribution in [0.15, 0.2) is 42.6 Å². The number of benzene rings is 1. The fourth-order valence-electron chi connectivity index (χ4n) is 2.22. The minimum absolute atomic E-state index is 0.234. The van der Waals surface area contributed by atoms with E-state index in [0.717, 1.165) is 17.4 Å². The third-order valence-corrected chi connectivity index (χ3v) is 3.75. The van der Waals surface area contributed by atoms with Crippen LogP contribution in [-0.2, 0) is 6.54 Å². The van der Waals surface area contributed by atoms with Gasteiger partial charge in [-0.2, -0.15) is 0 Å². The van der Waals surface area contributed by atoms with Crippen LogP contribution in [0, 0.1) is 0 Å². The molecule has 2 rings (SSSR count). The number of rotatable bonds is 5. The standard InChI is InChI=1S/C16H20ClN3/c1-12(13-6-8-15(17)9-7-13)20(3)16-14(11-18-2)5-4-10-19-16/h4-10,12,18H,11H2,1-3H3. The number of halogens is 1. The average molecular weight is 290 g/mol. The highest BCUT2D eigenvalue weighted by Crippen LogP contribution is 2.27.